The fourth-order valence-corrected chi connectivity index (χ4v) is 1.67. The van der Waals surface area contributed by atoms with Gasteiger partial charge in [-0.2, -0.15) is 0 Å². The zero-order valence-corrected chi connectivity index (χ0v) is 10.8. The van der Waals surface area contributed by atoms with Crippen molar-refractivity contribution in [3.05, 3.63) is 30.3 Å². The molecule has 0 heterocycles. The Morgan fingerprint density at radius 1 is 0.950 bits per heavy atom. The first-order valence-corrected chi connectivity index (χ1v) is 6.15. The Balaban J connectivity index is 2.79. The first kappa shape index (κ1) is 17.1. The van der Waals surface area contributed by atoms with Crippen molar-refractivity contribution in [2.45, 2.75) is 24.4 Å². The Morgan fingerprint density at radius 3 is 2.00 bits per heavy atom. The van der Waals surface area contributed by atoms with Crippen molar-refractivity contribution in [1.29, 1.82) is 0 Å². The third-order valence-corrected chi connectivity index (χ3v) is 2.85. The van der Waals surface area contributed by atoms with Crippen molar-refractivity contribution in [3.8, 4) is 0 Å². The largest absolute Gasteiger partial charge is 0.491 e. The summed E-state index contributed by atoms with van der Waals surface area (Å²) in [7, 11) is -1.46. The van der Waals surface area contributed by atoms with Gasteiger partial charge in [0.2, 0.25) is 0 Å². The molecule has 0 spiro atoms. The van der Waals surface area contributed by atoms with Crippen LogP contribution in [0, 0.1) is 0 Å². The number of rotatable bonds is 8. The maximum Gasteiger partial charge on any atom is 0.491 e. The van der Waals surface area contributed by atoms with Crippen LogP contribution >= 0.6 is 0 Å². The highest BCUT2D eigenvalue weighted by Gasteiger charge is 2.35. The first-order chi connectivity index (χ1) is 9.51. The molecular formula is C12H19BO7. The van der Waals surface area contributed by atoms with Crippen molar-refractivity contribution in [1.82, 2.24) is 0 Å². The second-order valence-electron chi connectivity index (χ2n) is 4.35. The van der Waals surface area contributed by atoms with Gasteiger partial charge in [-0.25, -0.2) is 0 Å². The molecule has 0 unspecified atom stereocenters. The summed E-state index contributed by atoms with van der Waals surface area (Å²) in [5.41, 5.74) is 0.383. The fourth-order valence-electron chi connectivity index (χ4n) is 1.67. The van der Waals surface area contributed by atoms with Gasteiger partial charge in [0, 0.05) is 0 Å². The summed E-state index contributed by atoms with van der Waals surface area (Å²) >= 11 is 0. The Labute approximate surface area is 116 Å². The van der Waals surface area contributed by atoms with Crippen molar-refractivity contribution in [2.75, 3.05) is 13.2 Å². The smallest absolute Gasteiger partial charge is 0.423 e. The number of hydrogen-bond acceptors (Lipinski definition) is 7. The predicted octanol–water partition coefficient (Wildman–Crippen LogP) is -3.17. The molecule has 20 heavy (non-hydrogen) atoms. The Bertz CT molecular complexity index is 377. The van der Waals surface area contributed by atoms with Crippen LogP contribution < -0.4 is 5.46 Å². The highest BCUT2D eigenvalue weighted by molar-refractivity contribution is 6.60. The van der Waals surface area contributed by atoms with Crippen LogP contribution in [0.25, 0.3) is 0 Å². The molecule has 0 saturated heterocycles. The van der Waals surface area contributed by atoms with Gasteiger partial charge in [-0.15, -0.1) is 0 Å². The van der Waals surface area contributed by atoms with Crippen molar-refractivity contribution >= 4 is 12.6 Å². The highest BCUT2D eigenvalue weighted by atomic mass is 16.5. The average molecular weight is 286 g/mol. The van der Waals surface area contributed by atoms with E-state index < -0.39 is 44.7 Å². The standard InChI is InChI=1S/C12H19BO7/c14-6-9(16)11(18)12(10(17)7-15)20-13(19)8-4-2-1-3-5-8/h1-5,9-12,14-19H,6-7H2/t9-,10-,11-,12-/m1/s1. The Morgan fingerprint density at radius 2 is 1.50 bits per heavy atom. The highest BCUT2D eigenvalue weighted by Crippen LogP contribution is 2.10. The van der Waals surface area contributed by atoms with Crippen LogP contribution in [-0.4, -0.2) is 75.3 Å². The second kappa shape index (κ2) is 8.33. The number of aliphatic hydroxyl groups excluding tert-OH is 5. The third kappa shape index (κ3) is 4.53. The van der Waals surface area contributed by atoms with Gasteiger partial charge < -0.3 is 35.2 Å². The Kier molecular flexibility index (Phi) is 7.10. The van der Waals surface area contributed by atoms with E-state index in [0.717, 1.165) is 0 Å². The molecule has 0 aliphatic rings. The van der Waals surface area contributed by atoms with Crippen LogP contribution in [0.3, 0.4) is 0 Å². The summed E-state index contributed by atoms with van der Waals surface area (Å²) < 4.78 is 5.10. The van der Waals surface area contributed by atoms with Crippen molar-refractivity contribution < 1.29 is 35.2 Å². The quantitative estimate of drug-likeness (QED) is 0.278. The lowest BCUT2D eigenvalue weighted by Gasteiger charge is -2.30. The predicted molar refractivity (Wildman–Crippen MR) is 71.1 cm³/mol. The van der Waals surface area contributed by atoms with Gasteiger partial charge in [-0.1, -0.05) is 30.3 Å². The molecule has 4 atom stereocenters. The maximum atomic E-state index is 9.87. The van der Waals surface area contributed by atoms with Crippen LogP contribution in [-0.2, 0) is 4.65 Å². The second-order valence-corrected chi connectivity index (χ2v) is 4.35. The average Bonchev–Trinajstić information content (AvgIpc) is 2.50. The van der Waals surface area contributed by atoms with Crippen molar-refractivity contribution in [2.24, 2.45) is 0 Å². The van der Waals surface area contributed by atoms with Crippen LogP contribution in [0.1, 0.15) is 0 Å². The number of benzene rings is 1. The van der Waals surface area contributed by atoms with Gasteiger partial charge in [0.05, 0.1) is 19.3 Å². The van der Waals surface area contributed by atoms with E-state index in [1.165, 1.54) is 0 Å². The summed E-state index contributed by atoms with van der Waals surface area (Å²) in [4.78, 5) is 0. The number of hydrogen-bond donors (Lipinski definition) is 6. The molecule has 0 radical (unpaired) electrons. The Hall–Kier alpha value is -0.995. The molecule has 6 N–H and O–H groups in total. The van der Waals surface area contributed by atoms with Crippen LogP contribution in [0.2, 0.25) is 0 Å². The molecule has 0 aliphatic heterocycles. The van der Waals surface area contributed by atoms with Gasteiger partial charge in [0.1, 0.15) is 18.3 Å². The molecule has 1 aromatic carbocycles. The van der Waals surface area contributed by atoms with Gasteiger partial charge in [-0.05, 0) is 5.46 Å². The maximum absolute atomic E-state index is 9.87. The summed E-state index contributed by atoms with van der Waals surface area (Å²) in [5.74, 6) is 0. The van der Waals surface area contributed by atoms with Crippen molar-refractivity contribution in [3.63, 3.8) is 0 Å². The van der Waals surface area contributed by atoms with Crippen LogP contribution in [0.15, 0.2) is 30.3 Å². The minimum Gasteiger partial charge on any atom is -0.423 e. The van der Waals surface area contributed by atoms with Crippen LogP contribution in [0.5, 0.6) is 0 Å². The zero-order chi connectivity index (χ0) is 15.1. The molecular weight excluding hydrogens is 267 g/mol. The zero-order valence-electron chi connectivity index (χ0n) is 10.8. The molecule has 0 aliphatic carbocycles. The SMILES string of the molecule is OC[C@@H](O)[C@@H](O)[C@H](OB(O)c1ccccc1)[C@H](O)CO. The summed E-state index contributed by atoms with van der Waals surface area (Å²) in [6.07, 6.45) is -6.22. The first-order valence-electron chi connectivity index (χ1n) is 6.15. The van der Waals surface area contributed by atoms with Gasteiger partial charge in [0.15, 0.2) is 0 Å². The normalized spacial score (nSPS) is 17.3. The summed E-state index contributed by atoms with van der Waals surface area (Å²) in [6.45, 7) is -1.48. The molecule has 0 bridgehead atoms. The summed E-state index contributed by atoms with van der Waals surface area (Å²) in [6, 6.07) is 8.21. The molecule has 0 fully saturated rings. The lowest BCUT2D eigenvalue weighted by atomic mass is 9.79. The lowest BCUT2D eigenvalue weighted by molar-refractivity contribution is -0.117. The molecule has 1 aromatic rings. The molecule has 112 valence electrons. The monoisotopic (exact) mass is 286 g/mol. The molecule has 7 nitrogen and oxygen atoms in total. The topological polar surface area (TPSA) is 131 Å². The van der Waals surface area contributed by atoms with Crippen LogP contribution in [0.4, 0.5) is 0 Å². The van der Waals surface area contributed by atoms with E-state index in [1.54, 1.807) is 30.3 Å². The van der Waals surface area contributed by atoms with Gasteiger partial charge in [0.25, 0.3) is 0 Å². The van der Waals surface area contributed by atoms with E-state index in [-0.39, 0.29) is 0 Å². The molecule has 0 saturated carbocycles. The minimum atomic E-state index is -1.67. The van der Waals surface area contributed by atoms with E-state index in [0.29, 0.717) is 5.46 Å². The molecule has 0 aromatic heterocycles. The molecule has 8 heteroatoms. The summed E-state index contributed by atoms with van der Waals surface area (Å²) in [5, 5.41) is 56.3. The lowest BCUT2D eigenvalue weighted by Crippen LogP contribution is -2.52. The van der Waals surface area contributed by atoms with E-state index in [9.17, 15) is 20.3 Å². The van der Waals surface area contributed by atoms with Gasteiger partial charge >= 0.3 is 7.12 Å². The van der Waals surface area contributed by atoms with E-state index >= 15 is 0 Å². The van der Waals surface area contributed by atoms with Gasteiger partial charge in [-0.3, -0.25) is 0 Å². The minimum absolute atomic E-state index is 0.383. The molecule has 0 amide bonds. The van der Waals surface area contributed by atoms with E-state index in [4.69, 9.17) is 14.9 Å². The van der Waals surface area contributed by atoms with E-state index in [1.807, 2.05) is 0 Å². The number of aliphatic hydroxyl groups is 5. The third-order valence-electron chi connectivity index (χ3n) is 2.85. The van der Waals surface area contributed by atoms with E-state index in [2.05, 4.69) is 0 Å². The molecule has 1 rings (SSSR count). The fraction of sp³-hybridized carbons (Fsp3) is 0.500.